The number of carbonyl (C=O) groups is 2. The first-order chi connectivity index (χ1) is 7.85. The highest BCUT2D eigenvalue weighted by Gasteiger charge is 2.28. The summed E-state index contributed by atoms with van der Waals surface area (Å²) in [6, 6.07) is -0.320. The van der Waals surface area contributed by atoms with Gasteiger partial charge in [-0.3, -0.25) is 4.79 Å². The number of carboxylic acid groups (broad SMARTS) is 1. The number of amides is 2. The molecule has 5 heteroatoms. The van der Waals surface area contributed by atoms with Gasteiger partial charge in [0.2, 0.25) is 0 Å². The van der Waals surface area contributed by atoms with E-state index in [1.165, 1.54) is 4.90 Å². The Morgan fingerprint density at radius 1 is 1.47 bits per heavy atom. The molecule has 96 valence electrons. The first kappa shape index (κ1) is 15.3. The number of hydrogen-bond donors (Lipinski definition) is 2. The van der Waals surface area contributed by atoms with Gasteiger partial charge >= 0.3 is 12.0 Å². The van der Waals surface area contributed by atoms with Crippen molar-refractivity contribution in [3.8, 4) is 12.3 Å². The zero-order valence-electron chi connectivity index (χ0n) is 10.6. The van der Waals surface area contributed by atoms with Crippen LogP contribution >= 0.6 is 0 Å². The number of hydrogen-bond acceptors (Lipinski definition) is 2. The molecule has 0 saturated carbocycles. The van der Waals surface area contributed by atoms with Crippen LogP contribution in [-0.4, -0.2) is 41.6 Å². The van der Waals surface area contributed by atoms with Gasteiger partial charge in [0.1, 0.15) is 0 Å². The smallest absolute Gasteiger partial charge is 0.318 e. The fraction of sp³-hybridized carbons (Fsp3) is 0.667. The quantitative estimate of drug-likeness (QED) is 0.684. The minimum atomic E-state index is -0.982. The highest BCUT2D eigenvalue weighted by molar-refractivity contribution is 5.77. The van der Waals surface area contributed by atoms with Crippen molar-refractivity contribution < 1.29 is 14.7 Å². The standard InChI is InChI=1S/C12H20N2O3/c1-5-7-14(8-6-2)11(17)13-9-12(3,4)10(15)16/h1H,6-9H2,2-4H3,(H,13,17)(H,15,16). The summed E-state index contributed by atoms with van der Waals surface area (Å²) in [7, 11) is 0. The summed E-state index contributed by atoms with van der Waals surface area (Å²) in [6.07, 6.45) is 5.96. The summed E-state index contributed by atoms with van der Waals surface area (Å²) in [4.78, 5) is 24.1. The van der Waals surface area contributed by atoms with Crippen LogP contribution in [0.4, 0.5) is 4.79 Å². The van der Waals surface area contributed by atoms with Crippen molar-refractivity contribution >= 4 is 12.0 Å². The predicted octanol–water partition coefficient (Wildman–Crippen LogP) is 1.15. The molecule has 0 spiro atoms. The van der Waals surface area contributed by atoms with E-state index in [0.29, 0.717) is 6.54 Å². The second-order valence-corrected chi connectivity index (χ2v) is 4.47. The largest absolute Gasteiger partial charge is 0.481 e. The Bertz CT molecular complexity index is 318. The Labute approximate surface area is 102 Å². The molecule has 2 amide bonds. The Balaban J connectivity index is 4.33. The van der Waals surface area contributed by atoms with Crippen LogP contribution in [0.25, 0.3) is 0 Å². The predicted molar refractivity (Wildman–Crippen MR) is 65.5 cm³/mol. The van der Waals surface area contributed by atoms with Crippen LogP contribution in [0.5, 0.6) is 0 Å². The number of rotatable bonds is 6. The first-order valence-corrected chi connectivity index (χ1v) is 5.54. The van der Waals surface area contributed by atoms with Crippen molar-refractivity contribution in [1.82, 2.24) is 10.2 Å². The summed E-state index contributed by atoms with van der Waals surface area (Å²) in [5.41, 5.74) is -0.982. The molecule has 0 aliphatic carbocycles. The number of aliphatic carboxylic acids is 1. The lowest BCUT2D eigenvalue weighted by atomic mass is 9.94. The van der Waals surface area contributed by atoms with Crippen LogP contribution in [0.1, 0.15) is 27.2 Å². The number of carbonyl (C=O) groups excluding carboxylic acids is 1. The molecule has 2 N–H and O–H groups in total. The van der Waals surface area contributed by atoms with E-state index >= 15 is 0 Å². The molecule has 0 aliphatic heterocycles. The van der Waals surface area contributed by atoms with Crippen LogP contribution in [0.15, 0.2) is 0 Å². The Hall–Kier alpha value is -1.70. The lowest BCUT2D eigenvalue weighted by Crippen LogP contribution is -2.46. The fourth-order valence-corrected chi connectivity index (χ4v) is 1.12. The number of nitrogens with zero attached hydrogens (tertiary/aromatic N) is 1. The maximum atomic E-state index is 11.7. The summed E-state index contributed by atoms with van der Waals surface area (Å²) >= 11 is 0. The third-order valence-electron chi connectivity index (χ3n) is 2.32. The van der Waals surface area contributed by atoms with Crippen LogP contribution in [-0.2, 0) is 4.79 Å². The van der Waals surface area contributed by atoms with Gasteiger partial charge in [-0.05, 0) is 20.3 Å². The van der Waals surface area contributed by atoms with Crippen molar-refractivity contribution in [2.24, 2.45) is 5.41 Å². The van der Waals surface area contributed by atoms with Crippen LogP contribution in [0, 0.1) is 17.8 Å². The molecule has 0 saturated heterocycles. The molecule has 0 rings (SSSR count). The molecule has 0 radical (unpaired) electrons. The minimum Gasteiger partial charge on any atom is -0.481 e. The summed E-state index contributed by atoms with van der Waals surface area (Å²) in [6.45, 7) is 5.92. The van der Waals surface area contributed by atoms with Gasteiger partial charge in [-0.2, -0.15) is 0 Å². The van der Waals surface area contributed by atoms with Gasteiger partial charge in [0.05, 0.1) is 12.0 Å². The molecule has 0 aliphatic rings. The second kappa shape index (κ2) is 6.79. The lowest BCUT2D eigenvalue weighted by Gasteiger charge is -2.24. The SMILES string of the molecule is C#CCN(CCC)C(=O)NCC(C)(C)C(=O)O. The van der Waals surface area contributed by atoms with Crippen molar-refractivity contribution in [3.05, 3.63) is 0 Å². The van der Waals surface area contributed by atoms with Gasteiger partial charge in [-0.1, -0.05) is 12.8 Å². The molecule has 0 atom stereocenters. The van der Waals surface area contributed by atoms with E-state index in [-0.39, 0.29) is 19.1 Å². The summed E-state index contributed by atoms with van der Waals surface area (Å²) in [5, 5.41) is 11.5. The second-order valence-electron chi connectivity index (χ2n) is 4.47. The zero-order valence-corrected chi connectivity index (χ0v) is 10.6. The van der Waals surface area contributed by atoms with E-state index in [4.69, 9.17) is 11.5 Å². The average Bonchev–Trinajstić information content (AvgIpc) is 2.25. The van der Waals surface area contributed by atoms with Crippen molar-refractivity contribution in [2.75, 3.05) is 19.6 Å². The molecule has 0 heterocycles. The van der Waals surface area contributed by atoms with Gasteiger partial charge < -0.3 is 15.3 Å². The Morgan fingerprint density at radius 3 is 2.47 bits per heavy atom. The molecule has 17 heavy (non-hydrogen) atoms. The van der Waals surface area contributed by atoms with Gasteiger partial charge in [0.25, 0.3) is 0 Å². The molecule has 0 aromatic rings. The number of terminal acetylenes is 1. The van der Waals surface area contributed by atoms with Crippen LogP contribution in [0.2, 0.25) is 0 Å². The normalized spacial score (nSPS) is 10.5. The average molecular weight is 240 g/mol. The highest BCUT2D eigenvalue weighted by atomic mass is 16.4. The maximum Gasteiger partial charge on any atom is 0.318 e. The van der Waals surface area contributed by atoms with E-state index in [1.54, 1.807) is 13.8 Å². The van der Waals surface area contributed by atoms with Crippen molar-refractivity contribution in [2.45, 2.75) is 27.2 Å². The number of carboxylic acids is 1. The molecule has 0 fully saturated rings. The molecular formula is C12H20N2O3. The summed E-state index contributed by atoms with van der Waals surface area (Å²) in [5.74, 6) is 1.45. The molecule has 0 bridgehead atoms. The first-order valence-electron chi connectivity index (χ1n) is 5.54. The maximum absolute atomic E-state index is 11.7. The van der Waals surface area contributed by atoms with Gasteiger partial charge in [0.15, 0.2) is 0 Å². The molecule has 0 unspecified atom stereocenters. The highest BCUT2D eigenvalue weighted by Crippen LogP contribution is 2.13. The van der Waals surface area contributed by atoms with Gasteiger partial charge in [0, 0.05) is 13.1 Å². The monoisotopic (exact) mass is 240 g/mol. The molecule has 0 aromatic carbocycles. The summed E-state index contributed by atoms with van der Waals surface area (Å²) < 4.78 is 0. The van der Waals surface area contributed by atoms with Crippen molar-refractivity contribution in [1.29, 1.82) is 0 Å². The Morgan fingerprint density at radius 2 is 2.06 bits per heavy atom. The lowest BCUT2D eigenvalue weighted by molar-refractivity contribution is -0.146. The van der Waals surface area contributed by atoms with Crippen LogP contribution < -0.4 is 5.32 Å². The molecule has 5 nitrogen and oxygen atoms in total. The Kier molecular flexibility index (Phi) is 6.11. The van der Waals surface area contributed by atoms with E-state index in [0.717, 1.165) is 6.42 Å². The molecule has 0 aromatic heterocycles. The fourth-order valence-electron chi connectivity index (χ4n) is 1.12. The molecular weight excluding hydrogens is 220 g/mol. The topological polar surface area (TPSA) is 69.6 Å². The zero-order chi connectivity index (χ0) is 13.5. The third-order valence-corrected chi connectivity index (χ3v) is 2.32. The number of nitrogens with one attached hydrogen (secondary N) is 1. The minimum absolute atomic E-state index is 0.0753. The van der Waals surface area contributed by atoms with Gasteiger partial charge in [-0.25, -0.2) is 4.79 Å². The third kappa shape index (κ3) is 5.25. The van der Waals surface area contributed by atoms with Crippen molar-refractivity contribution in [3.63, 3.8) is 0 Å². The van der Waals surface area contributed by atoms with E-state index in [9.17, 15) is 9.59 Å². The van der Waals surface area contributed by atoms with E-state index in [2.05, 4.69) is 11.2 Å². The van der Waals surface area contributed by atoms with E-state index < -0.39 is 11.4 Å². The van der Waals surface area contributed by atoms with Gasteiger partial charge in [-0.15, -0.1) is 6.42 Å². The van der Waals surface area contributed by atoms with E-state index in [1.807, 2.05) is 6.92 Å². The van der Waals surface area contributed by atoms with Crippen LogP contribution in [0.3, 0.4) is 0 Å². The number of urea groups is 1.